The predicted octanol–water partition coefficient (Wildman–Crippen LogP) is 2.37. The summed E-state index contributed by atoms with van der Waals surface area (Å²) >= 11 is 3.35. The first-order valence-corrected chi connectivity index (χ1v) is 10.3. The molecule has 2 atom stereocenters. The Labute approximate surface area is 130 Å². The van der Waals surface area contributed by atoms with Crippen LogP contribution in [0.5, 0.6) is 0 Å². The Bertz CT molecular complexity index is 542. The van der Waals surface area contributed by atoms with E-state index in [1.54, 1.807) is 10.4 Å². The molecule has 20 heavy (non-hydrogen) atoms. The van der Waals surface area contributed by atoms with E-state index in [0.717, 1.165) is 17.2 Å². The molecule has 1 saturated heterocycles. The van der Waals surface area contributed by atoms with Crippen molar-refractivity contribution in [2.24, 2.45) is 0 Å². The van der Waals surface area contributed by atoms with E-state index in [2.05, 4.69) is 12.2 Å². The minimum Gasteiger partial charge on any atom is -0.312 e. The van der Waals surface area contributed by atoms with Crippen molar-refractivity contribution in [3.63, 3.8) is 0 Å². The number of nitrogens with zero attached hydrogens (tertiary/aromatic N) is 1. The van der Waals surface area contributed by atoms with Gasteiger partial charge in [0.15, 0.2) is 0 Å². The molecule has 7 heteroatoms. The van der Waals surface area contributed by atoms with E-state index in [1.807, 2.05) is 31.0 Å². The zero-order chi connectivity index (χ0) is 14.8. The fourth-order valence-corrected chi connectivity index (χ4v) is 6.68. The van der Waals surface area contributed by atoms with E-state index < -0.39 is 10.0 Å². The first-order chi connectivity index (χ1) is 9.48. The Morgan fingerprint density at radius 2 is 2.20 bits per heavy atom. The topological polar surface area (TPSA) is 49.4 Å². The van der Waals surface area contributed by atoms with Crippen molar-refractivity contribution >= 4 is 33.1 Å². The summed E-state index contributed by atoms with van der Waals surface area (Å²) in [5, 5.41) is 5.42. The summed E-state index contributed by atoms with van der Waals surface area (Å²) in [5.41, 5.74) is 0. The molecule has 114 valence electrons. The van der Waals surface area contributed by atoms with Crippen LogP contribution in [0.2, 0.25) is 0 Å². The third-order valence-corrected chi connectivity index (χ3v) is 8.11. The van der Waals surface area contributed by atoms with Gasteiger partial charge in [-0.3, -0.25) is 0 Å². The lowest BCUT2D eigenvalue weighted by Gasteiger charge is -2.36. The zero-order valence-electron chi connectivity index (χ0n) is 12.1. The molecule has 1 aliphatic heterocycles. The molecule has 1 aliphatic rings. The van der Waals surface area contributed by atoms with Gasteiger partial charge in [-0.2, -0.15) is 16.1 Å². The summed E-state index contributed by atoms with van der Waals surface area (Å²) in [6.07, 6.45) is 0. The Kier molecular flexibility index (Phi) is 5.53. The summed E-state index contributed by atoms with van der Waals surface area (Å²) in [6.45, 7) is 8.19. The summed E-state index contributed by atoms with van der Waals surface area (Å²) in [5.74, 6) is 0.872. The minimum absolute atomic E-state index is 0.0469. The van der Waals surface area contributed by atoms with E-state index in [4.69, 9.17) is 0 Å². The van der Waals surface area contributed by atoms with Crippen LogP contribution >= 0.6 is 23.1 Å². The lowest BCUT2D eigenvalue weighted by atomic mass is 10.2. The van der Waals surface area contributed by atoms with Gasteiger partial charge in [0.25, 0.3) is 0 Å². The second kappa shape index (κ2) is 6.79. The highest BCUT2D eigenvalue weighted by molar-refractivity contribution is 8.00. The van der Waals surface area contributed by atoms with Gasteiger partial charge in [0.2, 0.25) is 10.0 Å². The number of rotatable bonds is 5. The van der Waals surface area contributed by atoms with Crippen LogP contribution in [0.15, 0.2) is 16.3 Å². The number of hydrogen-bond acceptors (Lipinski definition) is 5. The van der Waals surface area contributed by atoms with Crippen molar-refractivity contribution in [1.82, 2.24) is 9.62 Å². The Morgan fingerprint density at radius 3 is 2.90 bits per heavy atom. The maximum atomic E-state index is 12.9. The van der Waals surface area contributed by atoms with Crippen LogP contribution in [0, 0.1) is 0 Å². The highest BCUT2D eigenvalue weighted by Gasteiger charge is 2.36. The molecular formula is C13H22N2O2S3. The second-order valence-corrected chi connectivity index (χ2v) is 9.27. The summed E-state index contributed by atoms with van der Waals surface area (Å²) in [4.78, 5) is 1.39. The molecule has 2 heterocycles. The summed E-state index contributed by atoms with van der Waals surface area (Å²) in [6, 6.07) is 1.79. The van der Waals surface area contributed by atoms with Crippen LogP contribution in [-0.4, -0.2) is 42.9 Å². The Morgan fingerprint density at radius 1 is 1.45 bits per heavy atom. The minimum atomic E-state index is -3.37. The van der Waals surface area contributed by atoms with Gasteiger partial charge in [0.05, 0.1) is 4.90 Å². The molecule has 0 saturated carbocycles. The molecule has 4 nitrogen and oxygen atoms in total. The van der Waals surface area contributed by atoms with Gasteiger partial charge in [-0.1, -0.05) is 13.8 Å². The number of thiophene rings is 1. The number of thioether (sulfide) groups is 1. The van der Waals surface area contributed by atoms with Crippen molar-refractivity contribution in [3.8, 4) is 0 Å². The first-order valence-electron chi connectivity index (χ1n) is 6.89. The fraction of sp³-hybridized carbons (Fsp3) is 0.692. The van der Waals surface area contributed by atoms with Gasteiger partial charge in [-0.05, 0) is 24.9 Å². The number of nitrogens with one attached hydrogen (secondary N) is 1. The molecule has 1 N–H and O–H groups in total. The molecule has 0 aliphatic carbocycles. The van der Waals surface area contributed by atoms with Crippen molar-refractivity contribution in [1.29, 1.82) is 0 Å². The van der Waals surface area contributed by atoms with Crippen LogP contribution in [0.3, 0.4) is 0 Å². The molecule has 1 aromatic heterocycles. The molecule has 2 rings (SSSR count). The molecule has 0 radical (unpaired) electrons. The highest BCUT2D eigenvalue weighted by atomic mass is 32.2. The maximum absolute atomic E-state index is 12.9. The normalized spacial score (nSPS) is 24.9. The fourth-order valence-electron chi connectivity index (χ4n) is 2.30. The van der Waals surface area contributed by atoms with Gasteiger partial charge in [-0.15, -0.1) is 11.3 Å². The third kappa shape index (κ3) is 3.22. The second-order valence-electron chi connectivity index (χ2n) is 4.92. The monoisotopic (exact) mass is 334 g/mol. The number of hydrogen-bond donors (Lipinski definition) is 1. The molecular weight excluding hydrogens is 312 g/mol. The highest BCUT2D eigenvalue weighted by Crippen LogP contribution is 2.32. The van der Waals surface area contributed by atoms with Crippen LogP contribution in [0.4, 0.5) is 0 Å². The van der Waals surface area contributed by atoms with Crippen molar-refractivity contribution < 1.29 is 8.42 Å². The summed E-state index contributed by atoms with van der Waals surface area (Å²) < 4.78 is 27.4. The quantitative estimate of drug-likeness (QED) is 0.898. The molecule has 0 spiro atoms. The molecule has 2 unspecified atom stereocenters. The third-order valence-electron chi connectivity index (χ3n) is 3.65. The Hall–Kier alpha value is -0.0800. The molecule has 0 bridgehead atoms. The van der Waals surface area contributed by atoms with Crippen LogP contribution in [0.1, 0.15) is 25.6 Å². The van der Waals surface area contributed by atoms with Crippen LogP contribution < -0.4 is 5.32 Å². The molecule has 1 fully saturated rings. The van der Waals surface area contributed by atoms with Gasteiger partial charge < -0.3 is 5.32 Å². The van der Waals surface area contributed by atoms with Gasteiger partial charge >= 0.3 is 0 Å². The lowest BCUT2D eigenvalue weighted by Crippen LogP contribution is -2.47. The smallest absolute Gasteiger partial charge is 0.244 e. The Balaban J connectivity index is 2.28. The first kappa shape index (κ1) is 16.3. The van der Waals surface area contributed by atoms with Crippen LogP contribution in [0.25, 0.3) is 0 Å². The van der Waals surface area contributed by atoms with Crippen molar-refractivity contribution in [2.45, 2.75) is 43.5 Å². The number of sulfonamides is 1. The van der Waals surface area contributed by atoms with Crippen LogP contribution in [-0.2, 0) is 16.6 Å². The van der Waals surface area contributed by atoms with E-state index in [1.165, 1.54) is 11.3 Å². The lowest BCUT2D eigenvalue weighted by molar-refractivity contribution is 0.340. The SMILES string of the molecule is CCNCc1sccc1S(=O)(=O)N1CCSC(C)C1C. The van der Waals surface area contributed by atoms with E-state index in [0.29, 0.717) is 23.2 Å². The van der Waals surface area contributed by atoms with Crippen molar-refractivity contribution in [3.05, 3.63) is 16.3 Å². The largest absolute Gasteiger partial charge is 0.312 e. The van der Waals surface area contributed by atoms with Crippen molar-refractivity contribution in [2.75, 3.05) is 18.8 Å². The molecule has 0 amide bonds. The van der Waals surface area contributed by atoms with Gasteiger partial charge in [0.1, 0.15) is 0 Å². The van der Waals surface area contributed by atoms with E-state index >= 15 is 0 Å². The average Bonchev–Trinajstić information content (AvgIpc) is 2.88. The standard InChI is InChI=1S/C13H22N2O2S3/c1-4-14-9-12-13(5-7-19-12)20(16,17)15-6-8-18-11(3)10(15)2/h5,7,10-11,14H,4,6,8-9H2,1-3H3. The predicted molar refractivity (Wildman–Crippen MR) is 87.0 cm³/mol. The molecule has 0 aromatic carbocycles. The van der Waals surface area contributed by atoms with Gasteiger partial charge in [-0.25, -0.2) is 8.42 Å². The molecule has 1 aromatic rings. The average molecular weight is 335 g/mol. The summed E-state index contributed by atoms with van der Waals surface area (Å²) in [7, 11) is -3.37. The van der Waals surface area contributed by atoms with Gasteiger partial charge in [0, 0.05) is 35.0 Å². The van der Waals surface area contributed by atoms with E-state index in [-0.39, 0.29) is 6.04 Å². The zero-order valence-corrected chi connectivity index (χ0v) is 14.6. The maximum Gasteiger partial charge on any atom is 0.244 e. The van der Waals surface area contributed by atoms with E-state index in [9.17, 15) is 8.42 Å².